The Balaban J connectivity index is 0.000000638. The lowest BCUT2D eigenvalue weighted by molar-refractivity contribution is -0.192. The average Bonchev–Trinajstić information content (AvgIpc) is 2.88. The summed E-state index contributed by atoms with van der Waals surface area (Å²) in [6, 6.07) is 8.71. The van der Waals surface area contributed by atoms with Gasteiger partial charge in [0.2, 0.25) is 5.91 Å². The second kappa shape index (κ2) is 13.7. The van der Waals surface area contributed by atoms with Crippen LogP contribution in [0.1, 0.15) is 67.3 Å². The number of hydrogen-bond acceptors (Lipinski definition) is 6. The second-order valence-corrected chi connectivity index (χ2v) is 9.18. The minimum atomic E-state index is -5.08. The molecule has 1 aliphatic rings. The number of rotatable bonds is 8. The van der Waals surface area contributed by atoms with Crippen LogP contribution >= 0.6 is 0 Å². The number of ketones is 1. The molecule has 1 fully saturated rings. The third-order valence-corrected chi connectivity index (χ3v) is 6.04. The summed E-state index contributed by atoms with van der Waals surface area (Å²) in [6.45, 7) is 5.20. The number of Topliss-reactive ketones (excluding diaryl/α,β-unsaturated/α-hetero) is 1. The molecule has 9 nitrogen and oxygen atoms in total. The molecule has 0 aliphatic carbocycles. The van der Waals surface area contributed by atoms with Gasteiger partial charge in [-0.05, 0) is 49.4 Å². The Labute approximate surface area is 218 Å². The summed E-state index contributed by atoms with van der Waals surface area (Å²) in [4.78, 5) is 55.1. The van der Waals surface area contributed by atoms with Gasteiger partial charge < -0.3 is 19.7 Å². The molecule has 0 atom stereocenters. The molecule has 0 bridgehead atoms. The third-order valence-electron chi connectivity index (χ3n) is 6.04. The number of piperidine rings is 1. The van der Waals surface area contributed by atoms with Gasteiger partial charge in [0.25, 0.3) is 5.56 Å². The molecule has 1 amide bonds. The predicted octanol–water partition coefficient (Wildman–Crippen LogP) is 3.98. The van der Waals surface area contributed by atoms with E-state index in [0.29, 0.717) is 56.6 Å². The molecule has 1 aromatic heterocycles. The number of halogens is 3. The lowest BCUT2D eigenvalue weighted by atomic mass is 9.88. The number of nitrogens with one attached hydrogen (secondary N) is 1. The number of amides is 1. The molecule has 0 radical (unpaired) electrons. The van der Waals surface area contributed by atoms with Crippen LogP contribution in [0, 0.1) is 5.92 Å². The minimum Gasteiger partial charge on any atom is -0.497 e. The summed E-state index contributed by atoms with van der Waals surface area (Å²) >= 11 is 0. The molecule has 208 valence electrons. The van der Waals surface area contributed by atoms with E-state index in [1.807, 2.05) is 18.7 Å². The number of carbonyl (C=O) groups is 3. The highest BCUT2D eigenvalue weighted by atomic mass is 19.4. The minimum absolute atomic E-state index is 0.0505. The van der Waals surface area contributed by atoms with Gasteiger partial charge in [-0.1, -0.05) is 13.8 Å². The molecule has 1 aromatic carbocycles. The fourth-order valence-electron chi connectivity index (χ4n) is 3.89. The highest BCUT2D eigenvalue weighted by Crippen LogP contribution is 2.24. The SMILES string of the molecule is COc1ccc(C(=O)C2CCN(C(=O)CCCc3nc(C(C)C)cc(=O)[nH]3)CC2)cc1.O=C(O)C(F)(F)F. The van der Waals surface area contributed by atoms with Crippen LogP contribution in [-0.4, -0.2) is 64.0 Å². The number of carboxylic acids is 1. The van der Waals surface area contributed by atoms with Crippen molar-refractivity contribution >= 4 is 17.7 Å². The molecular weight excluding hydrogens is 507 g/mol. The smallest absolute Gasteiger partial charge is 0.490 e. The third kappa shape index (κ3) is 9.31. The zero-order valence-corrected chi connectivity index (χ0v) is 21.5. The molecule has 38 heavy (non-hydrogen) atoms. The van der Waals surface area contributed by atoms with Crippen molar-refractivity contribution in [1.29, 1.82) is 0 Å². The number of aromatic nitrogens is 2. The Morgan fingerprint density at radius 3 is 2.24 bits per heavy atom. The first kappa shape index (κ1) is 30.5. The molecule has 0 saturated carbocycles. The zero-order chi connectivity index (χ0) is 28.5. The maximum atomic E-state index is 12.7. The van der Waals surface area contributed by atoms with E-state index >= 15 is 0 Å². The first-order valence-electron chi connectivity index (χ1n) is 12.2. The van der Waals surface area contributed by atoms with Crippen molar-refractivity contribution in [3.8, 4) is 5.75 Å². The van der Waals surface area contributed by atoms with Crippen molar-refractivity contribution in [2.45, 2.75) is 58.0 Å². The average molecular weight is 540 g/mol. The number of carboxylic acid groups (broad SMARTS) is 1. The van der Waals surface area contributed by atoms with Crippen LogP contribution in [0.4, 0.5) is 13.2 Å². The van der Waals surface area contributed by atoms with Crippen molar-refractivity contribution in [1.82, 2.24) is 14.9 Å². The van der Waals surface area contributed by atoms with Crippen LogP contribution in [0.2, 0.25) is 0 Å². The first-order chi connectivity index (χ1) is 17.8. The van der Waals surface area contributed by atoms with Crippen LogP contribution in [-0.2, 0) is 16.0 Å². The van der Waals surface area contributed by atoms with Gasteiger partial charge in [0.1, 0.15) is 11.6 Å². The quantitative estimate of drug-likeness (QED) is 0.486. The maximum Gasteiger partial charge on any atom is 0.490 e. The number of aryl methyl sites for hydroxylation is 1. The Hall–Kier alpha value is -3.70. The van der Waals surface area contributed by atoms with E-state index in [1.165, 1.54) is 6.07 Å². The number of likely N-dealkylation sites (tertiary alicyclic amines) is 1. The predicted molar refractivity (Wildman–Crippen MR) is 132 cm³/mol. The molecule has 3 rings (SSSR count). The summed E-state index contributed by atoms with van der Waals surface area (Å²) in [7, 11) is 1.60. The van der Waals surface area contributed by atoms with E-state index in [2.05, 4.69) is 9.97 Å². The van der Waals surface area contributed by atoms with E-state index in [4.69, 9.17) is 14.6 Å². The van der Waals surface area contributed by atoms with Gasteiger partial charge in [0.05, 0.1) is 12.8 Å². The topological polar surface area (TPSA) is 130 Å². The first-order valence-corrected chi connectivity index (χ1v) is 12.2. The molecule has 2 N–H and O–H groups in total. The van der Waals surface area contributed by atoms with Gasteiger partial charge in [-0.15, -0.1) is 0 Å². The second-order valence-electron chi connectivity index (χ2n) is 9.18. The standard InChI is InChI=1S/C24H31N3O4.C2HF3O2/c1-16(2)20-15-22(28)26-21(25-20)5-4-6-23(29)27-13-11-18(12-14-27)24(30)17-7-9-19(31-3)10-8-17;3-2(4,5)1(6)7/h7-10,15-16,18H,4-6,11-14H2,1-3H3,(H,25,26,28);(H,6,7). The van der Waals surface area contributed by atoms with Crippen LogP contribution < -0.4 is 10.3 Å². The molecule has 0 spiro atoms. The highest BCUT2D eigenvalue weighted by molar-refractivity contribution is 5.98. The van der Waals surface area contributed by atoms with Gasteiger partial charge in [-0.2, -0.15) is 13.2 Å². The van der Waals surface area contributed by atoms with E-state index in [0.717, 1.165) is 11.4 Å². The summed E-state index contributed by atoms with van der Waals surface area (Å²) in [5, 5.41) is 7.12. The van der Waals surface area contributed by atoms with Crippen LogP contribution in [0.5, 0.6) is 5.75 Å². The van der Waals surface area contributed by atoms with Crippen LogP contribution in [0.3, 0.4) is 0 Å². The lowest BCUT2D eigenvalue weighted by Gasteiger charge is -2.31. The molecule has 0 unspecified atom stereocenters. The fraction of sp³-hybridized carbons (Fsp3) is 0.500. The van der Waals surface area contributed by atoms with Gasteiger partial charge >= 0.3 is 12.1 Å². The number of hydrogen-bond donors (Lipinski definition) is 2. The zero-order valence-electron chi connectivity index (χ0n) is 21.5. The molecular formula is C26H32F3N3O6. The number of aromatic amines is 1. The van der Waals surface area contributed by atoms with Gasteiger partial charge in [-0.25, -0.2) is 9.78 Å². The van der Waals surface area contributed by atoms with Gasteiger partial charge in [0, 0.05) is 43.5 Å². The maximum absolute atomic E-state index is 12.7. The number of nitrogens with zero attached hydrogens (tertiary/aromatic N) is 2. The van der Waals surface area contributed by atoms with Crippen molar-refractivity contribution in [2.75, 3.05) is 20.2 Å². The number of aliphatic carboxylic acids is 1. The van der Waals surface area contributed by atoms with Crippen LogP contribution in [0.25, 0.3) is 0 Å². The largest absolute Gasteiger partial charge is 0.497 e. The van der Waals surface area contributed by atoms with Crippen molar-refractivity contribution in [3.63, 3.8) is 0 Å². The molecule has 12 heteroatoms. The summed E-state index contributed by atoms with van der Waals surface area (Å²) in [5.41, 5.74) is 1.31. The normalized spacial score (nSPS) is 14.0. The number of H-pyrrole nitrogens is 1. The summed E-state index contributed by atoms with van der Waals surface area (Å²) in [6.07, 6.45) is -2.11. The molecule has 2 heterocycles. The Bertz CT molecular complexity index is 1150. The summed E-state index contributed by atoms with van der Waals surface area (Å²) < 4.78 is 36.9. The Kier molecular flexibility index (Phi) is 11.0. The van der Waals surface area contributed by atoms with Crippen LogP contribution in [0.15, 0.2) is 35.1 Å². The highest BCUT2D eigenvalue weighted by Gasteiger charge is 2.38. The lowest BCUT2D eigenvalue weighted by Crippen LogP contribution is -2.40. The van der Waals surface area contributed by atoms with Crippen molar-refractivity contribution < 1.29 is 37.4 Å². The number of benzene rings is 1. The molecule has 1 saturated heterocycles. The number of ether oxygens (including phenoxy) is 1. The van der Waals surface area contributed by atoms with E-state index in [1.54, 1.807) is 31.4 Å². The number of methoxy groups -OCH3 is 1. The number of alkyl halides is 3. The Morgan fingerprint density at radius 1 is 1.16 bits per heavy atom. The van der Waals surface area contributed by atoms with E-state index < -0.39 is 12.1 Å². The molecule has 2 aromatic rings. The fourth-order valence-corrected chi connectivity index (χ4v) is 3.89. The van der Waals surface area contributed by atoms with Gasteiger partial charge in [-0.3, -0.25) is 14.4 Å². The van der Waals surface area contributed by atoms with Crippen molar-refractivity contribution in [2.24, 2.45) is 5.92 Å². The number of carbonyl (C=O) groups excluding carboxylic acids is 2. The van der Waals surface area contributed by atoms with E-state index in [-0.39, 0.29) is 29.1 Å². The van der Waals surface area contributed by atoms with E-state index in [9.17, 15) is 27.6 Å². The summed E-state index contributed by atoms with van der Waals surface area (Å²) in [5.74, 6) is -1.03. The molecule has 1 aliphatic heterocycles. The monoisotopic (exact) mass is 539 g/mol. The van der Waals surface area contributed by atoms with Crippen molar-refractivity contribution in [3.05, 3.63) is 57.8 Å². The Morgan fingerprint density at radius 2 is 1.74 bits per heavy atom. The van der Waals surface area contributed by atoms with Gasteiger partial charge in [0.15, 0.2) is 5.78 Å².